The Kier molecular flexibility index (Phi) is 5.01. The van der Waals surface area contributed by atoms with E-state index in [9.17, 15) is 4.79 Å². The Morgan fingerprint density at radius 1 is 1.10 bits per heavy atom. The van der Waals surface area contributed by atoms with Crippen LogP contribution in [0.5, 0.6) is 0 Å². The number of carbonyl (C=O) groups is 1. The Balaban J connectivity index is 1.94. The number of ether oxygens (including phenoxy) is 1. The number of amides is 1. The molecule has 2 aromatic rings. The zero-order valence-corrected chi connectivity index (χ0v) is 12.6. The van der Waals surface area contributed by atoms with Gasteiger partial charge in [-0.3, -0.25) is 5.32 Å². The molecule has 104 valence electrons. The highest BCUT2D eigenvalue weighted by Gasteiger charge is 2.01. The molecular weight excluding hydrogens is 320 g/mol. The molecule has 2 aromatic carbocycles. The summed E-state index contributed by atoms with van der Waals surface area (Å²) in [5.41, 5.74) is 2.86. The van der Waals surface area contributed by atoms with Crippen LogP contribution < -0.4 is 10.6 Å². The molecular formula is C15H15BrN2O2. The van der Waals surface area contributed by atoms with Crippen molar-refractivity contribution in [1.29, 1.82) is 0 Å². The Morgan fingerprint density at radius 3 is 2.40 bits per heavy atom. The van der Waals surface area contributed by atoms with Gasteiger partial charge in [-0.25, -0.2) is 4.79 Å². The molecule has 0 saturated carbocycles. The third-order valence-electron chi connectivity index (χ3n) is 2.76. The molecule has 0 heterocycles. The van der Waals surface area contributed by atoms with E-state index in [1.165, 1.54) is 12.7 Å². The minimum Gasteiger partial charge on any atom is -0.453 e. The number of carbonyl (C=O) groups excluding carboxylic acids is 1. The van der Waals surface area contributed by atoms with E-state index < -0.39 is 6.09 Å². The average Bonchev–Trinajstić information content (AvgIpc) is 2.48. The van der Waals surface area contributed by atoms with Crippen molar-refractivity contribution in [2.24, 2.45) is 0 Å². The number of anilines is 2. The second-order valence-corrected chi connectivity index (χ2v) is 4.99. The number of nitrogens with one attached hydrogen (secondary N) is 2. The van der Waals surface area contributed by atoms with Gasteiger partial charge in [-0.05, 0) is 35.9 Å². The van der Waals surface area contributed by atoms with E-state index in [0.29, 0.717) is 5.69 Å². The highest BCUT2D eigenvalue weighted by molar-refractivity contribution is 9.10. The second kappa shape index (κ2) is 6.96. The number of hydrogen-bond donors (Lipinski definition) is 2. The molecule has 1 amide bonds. The van der Waals surface area contributed by atoms with Gasteiger partial charge in [0.2, 0.25) is 0 Å². The van der Waals surface area contributed by atoms with Crippen LogP contribution in [-0.4, -0.2) is 13.2 Å². The molecule has 0 bridgehead atoms. The molecule has 4 nitrogen and oxygen atoms in total. The Labute approximate surface area is 126 Å². The van der Waals surface area contributed by atoms with Crippen molar-refractivity contribution in [3.8, 4) is 0 Å². The third kappa shape index (κ3) is 3.99. The minimum absolute atomic E-state index is 0.473. The van der Waals surface area contributed by atoms with Crippen molar-refractivity contribution in [2.45, 2.75) is 6.54 Å². The third-order valence-corrected chi connectivity index (χ3v) is 3.53. The van der Waals surface area contributed by atoms with Crippen LogP contribution in [0.4, 0.5) is 16.2 Å². The molecule has 2 N–H and O–H groups in total. The standard InChI is InChI=1S/C15H15BrN2O2/c1-20-15(19)18-13-8-6-12(7-9-13)17-10-11-4-2-3-5-14(11)16/h2-9,17H,10H2,1H3,(H,18,19). The van der Waals surface area contributed by atoms with Crippen molar-refractivity contribution < 1.29 is 9.53 Å². The Bertz CT molecular complexity index is 585. The average molecular weight is 335 g/mol. The molecule has 0 spiro atoms. The smallest absolute Gasteiger partial charge is 0.411 e. The lowest BCUT2D eigenvalue weighted by Gasteiger charge is -2.09. The summed E-state index contributed by atoms with van der Waals surface area (Å²) >= 11 is 3.52. The molecule has 0 radical (unpaired) electrons. The van der Waals surface area contributed by atoms with Gasteiger partial charge >= 0.3 is 6.09 Å². The summed E-state index contributed by atoms with van der Waals surface area (Å²) in [7, 11) is 1.34. The van der Waals surface area contributed by atoms with Crippen molar-refractivity contribution in [3.63, 3.8) is 0 Å². The maximum Gasteiger partial charge on any atom is 0.411 e. The molecule has 0 aliphatic carbocycles. The first-order valence-corrected chi connectivity index (χ1v) is 6.90. The maximum absolute atomic E-state index is 11.1. The zero-order valence-electron chi connectivity index (χ0n) is 11.0. The van der Waals surface area contributed by atoms with Crippen LogP contribution in [0.2, 0.25) is 0 Å². The number of halogens is 1. The summed E-state index contributed by atoms with van der Waals surface area (Å²) in [4.78, 5) is 11.1. The SMILES string of the molecule is COC(=O)Nc1ccc(NCc2ccccc2Br)cc1. The van der Waals surface area contributed by atoms with Gasteiger partial charge in [0.05, 0.1) is 7.11 Å². The Hall–Kier alpha value is -2.01. The highest BCUT2D eigenvalue weighted by atomic mass is 79.9. The van der Waals surface area contributed by atoms with Crippen LogP contribution in [0, 0.1) is 0 Å². The van der Waals surface area contributed by atoms with Crippen LogP contribution in [0.1, 0.15) is 5.56 Å². The monoisotopic (exact) mass is 334 g/mol. The summed E-state index contributed by atoms with van der Waals surface area (Å²) in [6.07, 6.45) is -0.473. The van der Waals surface area contributed by atoms with Gasteiger partial charge in [0.25, 0.3) is 0 Å². The number of benzene rings is 2. The van der Waals surface area contributed by atoms with Crippen molar-refractivity contribution >= 4 is 33.4 Å². The molecule has 0 atom stereocenters. The van der Waals surface area contributed by atoms with E-state index in [0.717, 1.165) is 16.7 Å². The second-order valence-electron chi connectivity index (χ2n) is 4.14. The molecule has 0 aliphatic rings. The van der Waals surface area contributed by atoms with Gasteiger partial charge in [0, 0.05) is 22.4 Å². The molecule has 20 heavy (non-hydrogen) atoms. The van der Waals surface area contributed by atoms with E-state index in [1.54, 1.807) is 0 Å². The van der Waals surface area contributed by atoms with Gasteiger partial charge in [-0.1, -0.05) is 34.1 Å². The lowest BCUT2D eigenvalue weighted by atomic mass is 10.2. The van der Waals surface area contributed by atoms with Crippen molar-refractivity contribution in [2.75, 3.05) is 17.7 Å². The van der Waals surface area contributed by atoms with E-state index in [2.05, 4.69) is 37.4 Å². The fourth-order valence-electron chi connectivity index (χ4n) is 1.68. The number of hydrogen-bond acceptors (Lipinski definition) is 3. The highest BCUT2D eigenvalue weighted by Crippen LogP contribution is 2.19. The predicted molar refractivity (Wildman–Crippen MR) is 83.9 cm³/mol. The quantitative estimate of drug-likeness (QED) is 0.879. The summed E-state index contributed by atoms with van der Waals surface area (Å²) in [5, 5.41) is 5.93. The fourth-order valence-corrected chi connectivity index (χ4v) is 2.10. The summed E-state index contributed by atoms with van der Waals surface area (Å²) in [6, 6.07) is 15.5. The molecule has 0 aromatic heterocycles. The number of rotatable bonds is 4. The van der Waals surface area contributed by atoms with Crippen LogP contribution in [-0.2, 0) is 11.3 Å². The van der Waals surface area contributed by atoms with Gasteiger partial charge in [0.15, 0.2) is 0 Å². The van der Waals surface area contributed by atoms with Crippen molar-refractivity contribution in [1.82, 2.24) is 0 Å². The van der Waals surface area contributed by atoms with E-state index >= 15 is 0 Å². The lowest BCUT2D eigenvalue weighted by molar-refractivity contribution is 0.187. The van der Waals surface area contributed by atoms with Gasteiger partial charge in [-0.2, -0.15) is 0 Å². The molecule has 0 unspecified atom stereocenters. The molecule has 5 heteroatoms. The molecule has 0 fully saturated rings. The summed E-state index contributed by atoms with van der Waals surface area (Å²) in [5.74, 6) is 0. The normalized spacial score (nSPS) is 9.90. The molecule has 0 aliphatic heterocycles. The lowest BCUT2D eigenvalue weighted by Crippen LogP contribution is -2.10. The van der Waals surface area contributed by atoms with Crippen LogP contribution in [0.3, 0.4) is 0 Å². The van der Waals surface area contributed by atoms with Gasteiger partial charge in [-0.15, -0.1) is 0 Å². The fraction of sp³-hybridized carbons (Fsp3) is 0.133. The Morgan fingerprint density at radius 2 is 1.75 bits per heavy atom. The zero-order chi connectivity index (χ0) is 14.4. The van der Waals surface area contributed by atoms with Crippen LogP contribution in [0.25, 0.3) is 0 Å². The first-order valence-electron chi connectivity index (χ1n) is 6.11. The predicted octanol–water partition coefficient (Wildman–Crippen LogP) is 4.24. The molecule has 2 rings (SSSR count). The molecule has 0 saturated heterocycles. The number of methoxy groups -OCH3 is 1. The van der Waals surface area contributed by atoms with Gasteiger partial charge < -0.3 is 10.1 Å². The maximum atomic E-state index is 11.1. The van der Waals surface area contributed by atoms with Crippen molar-refractivity contribution in [3.05, 3.63) is 58.6 Å². The summed E-state index contributed by atoms with van der Waals surface area (Å²) in [6.45, 7) is 0.727. The summed E-state index contributed by atoms with van der Waals surface area (Å²) < 4.78 is 5.61. The first kappa shape index (κ1) is 14.4. The van der Waals surface area contributed by atoms with Gasteiger partial charge in [0.1, 0.15) is 0 Å². The largest absolute Gasteiger partial charge is 0.453 e. The van der Waals surface area contributed by atoms with Crippen LogP contribution >= 0.6 is 15.9 Å². The van der Waals surface area contributed by atoms with E-state index in [4.69, 9.17) is 0 Å². The first-order chi connectivity index (χ1) is 9.69. The minimum atomic E-state index is -0.473. The topological polar surface area (TPSA) is 50.4 Å². The van der Waals surface area contributed by atoms with Crippen LogP contribution in [0.15, 0.2) is 53.0 Å². The van der Waals surface area contributed by atoms with E-state index in [1.807, 2.05) is 42.5 Å². The van der Waals surface area contributed by atoms with E-state index in [-0.39, 0.29) is 0 Å².